The lowest BCUT2D eigenvalue weighted by atomic mass is 10.1. The van der Waals surface area contributed by atoms with Crippen molar-refractivity contribution in [1.29, 1.82) is 0 Å². The van der Waals surface area contributed by atoms with Crippen molar-refractivity contribution in [3.63, 3.8) is 0 Å². The summed E-state index contributed by atoms with van der Waals surface area (Å²) in [5, 5.41) is 9.85. The van der Waals surface area contributed by atoms with Gasteiger partial charge in [0, 0.05) is 11.6 Å². The summed E-state index contributed by atoms with van der Waals surface area (Å²) >= 11 is 0. The summed E-state index contributed by atoms with van der Waals surface area (Å²) < 4.78 is 22.6. The lowest BCUT2D eigenvalue weighted by molar-refractivity contribution is 0.282. The molecule has 0 aliphatic heterocycles. The van der Waals surface area contributed by atoms with Crippen molar-refractivity contribution in [2.75, 3.05) is 6.26 Å². The third kappa shape index (κ3) is 2.05. The number of hydrogen-bond donors (Lipinski definition) is 1. The molecule has 0 unspecified atom stereocenters. The minimum Gasteiger partial charge on any atom is -0.392 e. The van der Waals surface area contributed by atoms with Crippen molar-refractivity contribution in [3.05, 3.63) is 35.9 Å². The van der Waals surface area contributed by atoms with E-state index in [1.165, 1.54) is 6.07 Å². The maximum atomic E-state index is 11.3. The Kier molecular flexibility index (Phi) is 2.65. The summed E-state index contributed by atoms with van der Waals surface area (Å²) in [6, 6.07) is 8.38. The highest BCUT2D eigenvalue weighted by Crippen LogP contribution is 2.17. The van der Waals surface area contributed by atoms with Gasteiger partial charge >= 0.3 is 0 Å². The van der Waals surface area contributed by atoms with E-state index in [9.17, 15) is 8.42 Å². The molecule has 0 fully saturated rings. The Balaban J connectivity index is 2.65. The minimum absolute atomic E-state index is 0.0379. The van der Waals surface area contributed by atoms with E-state index in [1.54, 1.807) is 24.3 Å². The van der Waals surface area contributed by atoms with Gasteiger partial charge in [0.15, 0.2) is 14.9 Å². The molecule has 84 valence electrons. The largest absolute Gasteiger partial charge is 0.392 e. The second-order valence-electron chi connectivity index (χ2n) is 3.61. The van der Waals surface area contributed by atoms with Crippen LogP contribution >= 0.6 is 0 Å². The fraction of sp³-hybridized carbons (Fsp3) is 0.182. The van der Waals surface area contributed by atoms with E-state index in [4.69, 9.17) is 5.11 Å². The van der Waals surface area contributed by atoms with Crippen molar-refractivity contribution < 1.29 is 13.5 Å². The molecule has 16 heavy (non-hydrogen) atoms. The van der Waals surface area contributed by atoms with Crippen LogP contribution in [0.2, 0.25) is 0 Å². The number of hydrogen-bond acceptors (Lipinski definition) is 4. The van der Waals surface area contributed by atoms with Crippen LogP contribution in [0.4, 0.5) is 0 Å². The van der Waals surface area contributed by atoms with Gasteiger partial charge in [0.05, 0.1) is 12.1 Å². The fourth-order valence-corrected chi connectivity index (χ4v) is 2.04. The molecule has 1 aromatic carbocycles. The zero-order valence-corrected chi connectivity index (χ0v) is 9.53. The summed E-state index contributed by atoms with van der Waals surface area (Å²) in [7, 11) is -3.27. The fourth-order valence-electron chi connectivity index (χ4n) is 1.46. The van der Waals surface area contributed by atoms with E-state index in [-0.39, 0.29) is 11.6 Å². The van der Waals surface area contributed by atoms with E-state index >= 15 is 0 Å². The Labute approximate surface area is 93.5 Å². The molecular formula is C11H11NO3S. The third-order valence-corrected chi connectivity index (χ3v) is 3.28. The maximum absolute atomic E-state index is 11.3. The molecule has 0 spiro atoms. The lowest BCUT2D eigenvalue weighted by Crippen LogP contribution is -2.00. The Morgan fingerprint density at radius 3 is 2.62 bits per heavy atom. The highest BCUT2D eigenvalue weighted by atomic mass is 32.2. The molecule has 0 aliphatic carbocycles. The second-order valence-corrected chi connectivity index (χ2v) is 5.57. The van der Waals surface area contributed by atoms with Gasteiger partial charge in [-0.2, -0.15) is 0 Å². The summed E-state index contributed by atoms with van der Waals surface area (Å²) in [6.45, 7) is -0.0379. The van der Waals surface area contributed by atoms with Crippen LogP contribution in [0.5, 0.6) is 0 Å². The molecule has 4 nitrogen and oxygen atoms in total. The summed E-state index contributed by atoms with van der Waals surface area (Å²) in [4.78, 5) is 4.05. The molecule has 0 aliphatic rings. The van der Waals surface area contributed by atoms with Crippen LogP contribution in [0.1, 0.15) is 5.56 Å². The van der Waals surface area contributed by atoms with Gasteiger partial charge < -0.3 is 5.11 Å². The van der Waals surface area contributed by atoms with Crippen LogP contribution in [0.25, 0.3) is 10.9 Å². The minimum atomic E-state index is -3.27. The third-order valence-electron chi connectivity index (χ3n) is 2.29. The van der Waals surface area contributed by atoms with E-state index < -0.39 is 9.84 Å². The predicted molar refractivity (Wildman–Crippen MR) is 60.8 cm³/mol. The quantitative estimate of drug-likeness (QED) is 0.850. The summed E-state index contributed by atoms with van der Waals surface area (Å²) in [6.07, 6.45) is 1.13. The first kappa shape index (κ1) is 11.0. The lowest BCUT2D eigenvalue weighted by Gasteiger charge is -2.02. The van der Waals surface area contributed by atoms with Gasteiger partial charge in [0.1, 0.15) is 0 Å². The smallest absolute Gasteiger partial charge is 0.192 e. The molecule has 0 saturated carbocycles. The first-order valence-corrected chi connectivity index (χ1v) is 6.60. The standard InChI is InChI=1S/C11H11NO3S/c1-16(14,15)11-5-3-9-6-8(7-13)2-4-10(9)12-11/h2-6,13H,7H2,1H3. The number of aliphatic hydroxyl groups is 1. The summed E-state index contributed by atoms with van der Waals surface area (Å²) in [5.74, 6) is 0. The van der Waals surface area contributed by atoms with E-state index in [2.05, 4.69) is 4.98 Å². The number of sulfone groups is 1. The molecule has 1 aromatic heterocycles. The van der Waals surface area contributed by atoms with E-state index in [1.807, 2.05) is 0 Å². The maximum Gasteiger partial charge on any atom is 0.192 e. The van der Waals surface area contributed by atoms with Crippen molar-refractivity contribution in [2.24, 2.45) is 0 Å². The number of nitrogens with zero attached hydrogens (tertiary/aromatic N) is 1. The summed E-state index contributed by atoms with van der Waals surface area (Å²) in [5.41, 5.74) is 1.39. The van der Waals surface area contributed by atoms with Gasteiger partial charge in [0.2, 0.25) is 0 Å². The topological polar surface area (TPSA) is 67.3 Å². The Morgan fingerprint density at radius 1 is 1.25 bits per heavy atom. The van der Waals surface area contributed by atoms with Gasteiger partial charge in [-0.05, 0) is 29.8 Å². The number of pyridine rings is 1. The molecule has 2 aromatic rings. The van der Waals surface area contributed by atoms with Crippen molar-refractivity contribution >= 4 is 20.7 Å². The van der Waals surface area contributed by atoms with Gasteiger partial charge in [-0.1, -0.05) is 6.07 Å². The normalized spacial score (nSPS) is 11.9. The second kappa shape index (κ2) is 3.84. The molecule has 1 heterocycles. The molecule has 5 heteroatoms. The predicted octanol–water partition coefficient (Wildman–Crippen LogP) is 1.13. The number of benzene rings is 1. The highest BCUT2D eigenvalue weighted by Gasteiger charge is 2.09. The Morgan fingerprint density at radius 2 is 2.00 bits per heavy atom. The number of aliphatic hydroxyl groups excluding tert-OH is 1. The van der Waals surface area contributed by atoms with Gasteiger partial charge in [-0.25, -0.2) is 13.4 Å². The van der Waals surface area contributed by atoms with Crippen LogP contribution in [0.15, 0.2) is 35.4 Å². The SMILES string of the molecule is CS(=O)(=O)c1ccc2cc(CO)ccc2n1. The van der Waals surface area contributed by atoms with Crippen molar-refractivity contribution in [2.45, 2.75) is 11.6 Å². The number of rotatable bonds is 2. The molecule has 0 bridgehead atoms. The van der Waals surface area contributed by atoms with Gasteiger partial charge in [-0.15, -0.1) is 0 Å². The van der Waals surface area contributed by atoms with Crippen molar-refractivity contribution in [1.82, 2.24) is 4.98 Å². The molecule has 0 radical (unpaired) electrons. The van der Waals surface area contributed by atoms with Crippen LogP contribution in [0.3, 0.4) is 0 Å². The van der Waals surface area contributed by atoms with Gasteiger partial charge in [0.25, 0.3) is 0 Å². The molecule has 0 atom stereocenters. The van der Waals surface area contributed by atoms with E-state index in [0.717, 1.165) is 17.2 Å². The van der Waals surface area contributed by atoms with Crippen LogP contribution < -0.4 is 0 Å². The molecule has 2 rings (SSSR count). The first-order chi connectivity index (χ1) is 7.50. The molecular weight excluding hydrogens is 226 g/mol. The average molecular weight is 237 g/mol. The average Bonchev–Trinajstić information content (AvgIpc) is 2.26. The molecule has 0 saturated heterocycles. The van der Waals surface area contributed by atoms with E-state index in [0.29, 0.717) is 5.52 Å². The van der Waals surface area contributed by atoms with Crippen molar-refractivity contribution in [3.8, 4) is 0 Å². The monoisotopic (exact) mass is 237 g/mol. The molecule has 1 N–H and O–H groups in total. The zero-order valence-electron chi connectivity index (χ0n) is 8.71. The Bertz CT molecular complexity index is 635. The zero-order chi connectivity index (χ0) is 11.8. The Hall–Kier alpha value is -1.46. The van der Waals surface area contributed by atoms with Gasteiger partial charge in [-0.3, -0.25) is 0 Å². The molecule has 0 amide bonds. The van der Waals surface area contributed by atoms with Crippen LogP contribution in [0, 0.1) is 0 Å². The van der Waals surface area contributed by atoms with Crippen LogP contribution in [-0.2, 0) is 16.4 Å². The highest BCUT2D eigenvalue weighted by molar-refractivity contribution is 7.90. The number of fused-ring (bicyclic) bond motifs is 1. The number of aromatic nitrogens is 1. The first-order valence-electron chi connectivity index (χ1n) is 4.71. The van der Waals surface area contributed by atoms with Crippen LogP contribution in [-0.4, -0.2) is 24.8 Å².